The number of hydrogen-bond acceptors (Lipinski definition) is 3. The summed E-state index contributed by atoms with van der Waals surface area (Å²) in [5, 5.41) is 8.82. The van der Waals surface area contributed by atoms with Crippen molar-refractivity contribution in [3.05, 3.63) is 22.4 Å². The number of carbonyl (C=O) groups excluding carboxylic acids is 2. The molecule has 3 saturated carbocycles. The number of piperidine rings is 1. The lowest BCUT2D eigenvalue weighted by Crippen LogP contribution is -2.61. The molecule has 0 bridgehead atoms. The molecule has 1 aromatic rings. The van der Waals surface area contributed by atoms with Crippen LogP contribution in [0.15, 0.2) is 17.5 Å². The first-order chi connectivity index (χ1) is 14.6. The van der Waals surface area contributed by atoms with Gasteiger partial charge in [-0.1, -0.05) is 19.9 Å². The molecule has 31 heavy (non-hydrogen) atoms. The standard InChI is InChI=1S/C26H38N2O2S/c1-24(2,21-6-5-15-31-21)28-23(30)19-9-8-17-16-7-10-20-26(4,14-12-22(29)27-20)18(16)11-13-25(17,19)3/h5-6,15-20H,7-14H2,1-4H3,(H,27,29)(H,28,30)/t16-,17-,18+,19?,20?,25-,26+/m0/s1. The number of nitrogens with one attached hydrogen (secondary N) is 2. The summed E-state index contributed by atoms with van der Waals surface area (Å²) in [6, 6.07) is 4.54. The lowest BCUT2D eigenvalue weighted by Gasteiger charge is -2.60. The molecule has 1 aliphatic heterocycles. The monoisotopic (exact) mass is 442 g/mol. The third-order valence-corrected chi connectivity index (χ3v) is 11.2. The van der Waals surface area contributed by atoms with Crippen molar-refractivity contribution >= 4 is 23.2 Å². The SMILES string of the molecule is CC(C)(NC(=O)C1CC[C@H]2[C@@H]3CCC4NC(=O)CC[C@]4(C)[C@@H]3CC[C@]12C)c1cccs1. The van der Waals surface area contributed by atoms with Crippen LogP contribution in [0.2, 0.25) is 0 Å². The van der Waals surface area contributed by atoms with E-state index in [2.05, 4.69) is 55.8 Å². The van der Waals surface area contributed by atoms with Crippen LogP contribution in [0.5, 0.6) is 0 Å². The molecule has 5 rings (SSSR count). The fraction of sp³-hybridized carbons (Fsp3) is 0.769. The first-order valence-corrected chi connectivity index (χ1v) is 13.2. The molecule has 0 spiro atoms. The van der Waals surface area contributed by atoms with Gasteiger partial charge < -0.3 is 10.6 Å². The van der Waals surface area contributed by atoms with Gasteiger partial charge in [-0.15, -0.1) is 11.3 Å². The number of fused-ring (bicyclic) bond motifs is 5. The molecule has 0 aromatic carbocycles. The molecule has 2 amide bonds. The molecule has 2 N–H and O–H groups in total. The van der Waals surface area contributed by atoms with Crippen molar-refractivity contribution in [1.82, 2.24) is 10.6 Å². The predicted octanol–water partition coefficient (Wildman–Crippen LogP) is 5.24. The van der Waals surface area contributed by atoms with Crippen molar-refractivity contribution in [3.8, 4) is 0 Å². The molecule has 2 unspecified atom stereocenters. The van der Waals surface area contributed by atoms with Crippen molar-refractivity contribution in [3.63, 3.8) is 0 Å². The van der Waals surface area contributed by atoms with Crippen LogP contribution in [0.4, 0.5) is 0 Å². The second-order valence-corrected chi connectivity index (χ2v) is 12.8. The Morgan fingerprint density at radius 3 is 2.61 bits per heavy atom. The highest BCUT2D eigenvalue weighted by Crippen LogP contribution is 2.65. The van der Waals surface area contributed by atoms with Crippen LogP contribution in [0.25, 0.3) is 0 Å². The van der Waals surface area contributed by atoms with Gasteiger partial charge in [-0.2, -0.15) is 0 Å². The van der Waals surface area contributed by atoms with Crippen molar-refractivity contribution in [2.45, 2.75) is 90.6 Å². The second kappa shape index (κ2) is 7.33. The summed E-state index contributed by atoms with van der Waals surface area (Å²) in [5.74, 6) is 2.66. The third kappa shape index (κ3) is 3.29. The smallest absolute Gasteiger partial charge is 0.224 e. The van der Waals surface area contributed by atoms with Crippen molar-refractivity contribution in [2.75, 3.05) is 0 Å². The van der Waals surface area contributed by atoms with Gasteiger partial charge in [0.15, 0.2) is 0 Å². The minimum absolute atomic E-state index is 0.109. The van der Waals surface area contributed by atoms with Crippen LogP contribution >= 0.6 is 11.3 Å². The molecular weight excluding hydrogens is 404 g/mol. The zero-order valence-corrected chi connectivity index (χ0v) is 20.3. The summed E-state index contributed by atoms with van der Waals surface area (Å²) >= 11 is 1.72. The number of amides is 2. The minimum Gasteiger partial charge on any atom is -0.353 e. The minimum atomic E-state index is -0.317. The highest BCUT2D eigenvalue weighted by Gasteiger charge is 2.61. The van der Waals surface area contributed by atoms with Gasteiger partial charge in [-0.3, -0.25) is 9.59 Å². The number of carbonyl (C=O) groups is 2. The molecule has 0 radical (unpaired) electrons. The first-order valence-electron chi connectivity index (χ1n) is 12.3. The molecule has 4 nitrogen and oxygen atoms in total. The van der Waals surface area contributed by atoms with E-state index in [4.69, 9.17) is 0 Å². The third-order valence-electron chi connectivity index (χ3n) is 9.98. The first kappa shape index (κ1) is 21.5. The van der Waals surface area contributed by atoms with Gasteiger partial charge in [0.05, 0.1) is 5.54 Å². The average molecular weight is 443 g/mol. The lowest BCUT2D eigenvalue weighted by atomic mass is 9.47. The van der Waals surface area contributed by atoms with Gasteiger partial charge in [0, 0.05) is 23.3 Å². The second-order valence-electron chi connectivity index (χ2n) is 11.8. The summed E-state index contributed by atoms with van der Waals surface area (Å²) < 4.78 is 0. The van der Waals surface area contributed by atoms with Gasteiger partial charge in [0.25, 0.3) is 0 Å². The lowest BCUT2D eigenvalue weighted by molar-refractivity contribution is -0.142. The molecule has 5 heteroatoms. The molecule has 1 saturated heterocycles. The van der Waals surface area contributed by atoms with Crippen LogP contribution in [0.3, 0.4) is 0 Å². The summed E-state index contributed by atoms with van der Waals surface area (Å²) in [7, 11) is 0. The topological polar surface area (TPSA) is 58.2 Å². The fourth-order valence-corrected chi connectivity index (χ4v) is 9.03. The number of rotatable bonds is 3. The predicted molar refractivity (Wildman–Crippen MR) is 125 cm³/mol. The van der Waals surface area contributed by atoms with Crippen molar-refractivity contribution in [2.24, 2.45) is 34.5 Å². The van der Waals surface area contributed by atoms with E-state index in [1.165, 1.54) is 24.1 Å². The molecule has 1 aromatic heterocycles. The highest BCUT2D eigenvalue weighted by molar-refractivity contribution is 7.10. The Morgan fingerprint density at radius 2 is 1.87 bits per heavy atom. The van der Waals surface area contributed by atoms with Gasteiger partial charge in [-0.05, 0) is 98.8 Å². The highest BCUT2D eigenvalue weighted by atomic mass is 32.1. The molecule has 4 aliphatic rings. The van der Waals surface area contributed by atoms with Crippen molar-refractivity contribution < 1.29 is 9.59 Å². The van der Waals surface area contributed by atoms with E-state index in [-0.39, 0.29) is 34.1 Å². The Balaban J connectivity index is 1.34. The number of thiophene rings is 1. The van der Waals surface area contributed by atoms with E-state index in [9.17, 15) is 9.59 Å². The van der Waals surface area contributed by atoms with Crippen LogP contribution in [0, 0.1) is 34.5 Å². The normalized spacial score (nSPS) is 42.2. The number of hydrogen-bond donors (Lipinski definition) is 2. The van der Waals surface area contributed by atoms with Crippen molar-refractivity contribution in [1.29, 1.82) is 0 Å². The zero-order valence-electron chi connectivity index (χ0n) is 19.5. The summed E-state index contributed by atoms with van der Waals surface area (Å²) in [5.41, 5.74) is 0.0281. The largest absolute Gasteiger partial charge is 0.353 e. The molecule has 170 valence electrons. The van der Waals surface area contributed by atoms with E-state index in [0.29, 0.717) is 30.2 Å². The fourth-order valence-electron chi connectivity index (χ4n) is 8.22. The Labute approximate surface area is 190 Å². The van der Waals surface area contributed by atoms with E-state index in [1.807, 2.05) is 0 Å². The van der Waals surface area contributed by atoms with E-state index < -0.39 is 0 Å². The molecular formula is C26H38N2O2S. The molecule has 7 atom stereocenters. The maximum absolute atomic E-state index is 13.5. The Kier molecular flexibility index (Phi) is 5.08. The van der Waals surface area contributed by atoms with Crippen LogP contribution in [-0.4, -0.2) is 17.9 Å². The molecule has 2 heterocycles. The van der Waals surface area contributed by atoms with Crippen LogP contribution < -0.4 is 10.6 Å². The average Bonchev–Trinajstić information content (AvgIpc) is 3.36. The Hall–Kier alpha value is -1.36. The van der Waals surface area contributed by atoms with E-state index in [1.54, 1.807) is 11.3 Å². The maximum atomic E-state index is 13.5. The van der Waals surface area contributed by atoms with Crippen LogP contribution in [0.1, 0.15) is 83.9 Å². The molecule has 4 fully saturated rings. The summed E-state index contributed by atoms with van der Waals surface area (Å²) in [4.78, 5) is 26.8. The maximum Gasteiger partial charge on any atom is 0.224 e. The Morgan fingerprint density at radius 1 is 1.10 bits per heavy atom. The van der Waals surface area contributed by atoms with Gasteiger partial charge in [-0.25, -0.2) is 0 Å². The van der Waals surface area contributed by atoms with Gasteiger partial charge >= 0.3 is 0 Å². The molecule has 3 aliphatic carbocycles. The zero-order chi connectivity index (χ0) is 22.0. The summed E-state index contributed by atoms with van der Waals surface area (Å²) in [6.45, 7) is 9.11. The van der Waals surface area contributed by atoms with Gasteiger partial charge in [0.2, 0.25) is 11.8 Å². The quantitative estimate of drug-likeness (QED) is 0.673. The van der Waals surface area contributed by atoms with Crippen LogP contribution in [-0.2, 0) is 15.1 Å². The summed E-state index contributed by atoms with van der Waals surface area (Å²) in [6.07, 6.45) is 8.59. The Bertz CT molecular complexity index is 865. The van der Waals surface area contributed by atoms with E-state index in [0.717, 1.165) is 25.7 Å². The van der Waals surface area contributed by atoms with Gasteiger partial charge in [0.1, 0.15) is 0 Å². The van der Waals surface area contributed by atoms with E-state index >= 15 is 0 Å².